The minimum absolute atomic E-state index is 0.702. The van der Waals surface area contributed by atoms with Crippen molar-refractivity contribution < 1.29 is 0 Å². The highest BCUT2D eigenvalue weighted by molar-refractivity contribution is 5.14. The summed E-state index contributed by atoms with van der Waals surface area (Å²) in [6.45, 7) is 4.17. The summed E-state index contributed by atoms with van der Waals surface area (Å²) in [7, 11) is 0. The van der Waals surface area contributed by atoms with Gasteiger partial charge in [-0.05, 0) is 43.2 Å². The van der Waals surface area contributed by atoms with E-state index < -0.39 is 0 Å². The minimum atomic E-state index is 0.702. The summed E-state index contributed by atoms with van der Waals surface area (Å²) in [5.74, 6) is 0.702. The van der Waals surface area contributed by atoms with E-state index >= 15 is 0 Å². The number of hydrogen-bond acceptors (Lipinski definition) is 1. The Bertz CT molecular complexity index is 302. The molecule has 1 heteroatoms. The van der Waals surface area contributed by atoms with Crippen molar-refractivity contribution in [3.8, 4) is 0 Å². The molecule has 2 rings (SSSR count). The third-order valence-electron chi connectivity index (χ3n) is 3.08. The smallest absolute Gasteiger partial charge is 0.0300 e. The normalized spacial score (nSPS) is 22.3. The van der Waals surface area contributed by atoms with Gasteiger partial charge in [-0.1, -0.05) is 24.6 Å². The van der Waals surface area contributed by atoms with Crippen LogP contribution in [0.4, 0.5) is 0 Å². The van der Waals surface area contributed by atoms with Gasteiger partial charge >= 0.3 is 0 Å². The molecule has 0 aromatic carbocycles. The largest absolute Gasteiger partial charge is 0.264 e. The summed E-state index contributed by atoms with van der Waals surface area (Å²) < 4.78 is 0. The first kappa shape index (κ1) is 9.45. The van der Waals surface area contributed by atoms with Gasteiger partial charge in [0.25, 0.3) is 0 Å². The lowest BCUT2D eigenvalue weighted by Gasteiger charge is -2.24. The molecule has 0 aliphatic heterocycles. The second-order valence-corrected chi connectivity index (χ2v) is 4.17. The second kappa shape index (κ2) is 4.41. The van der Waals surface area contributed by atoms with Crippen LogP contribution in [-0.2, 0) is 6.42 Å². The topological polar surface area (TPSA) is 12.9 Å². The molecule has 1 atom stereocenters. The highest BCUT2D eigenvalue weighted by atomic mass is 14.6. The lowest BCUT2D eigenvalue weighted by molar-refractivity contribution is 0.452. The van der Waals surface area contributed by atoms with E-state index in [1.165, 1.54) is 36.8 Å². The quantitative estimate of drug-likeness (QED) is 0.647. The molecular weight excluding hydrogens is 170 g/mol. The van der Waals surface area contributed by atoms with E-state index in [1.807, 2.05) is 18.5 Å². The molecule has 0 radical (unpaired) electrons. The van der Waals surface area contributed by atoms with Gasteiger partial charge in [-0.15, -0.1) is 0 Å². The molecular formula is C13H17N. The first-order valence-electron chi connectivity index (χ1n) is 5.43. The Labute approximate surface area is 85.9 Å². The monoisotopic (exact) mass is 187 g/mol. The highest BCUT2D eigenvalue weighted by Crippen LogP contribution is 2.30. The van der Waals surface area contributed by atoms with Crippen LogP contribution in [0.25, 0.3) is 0 Å². The Kier molecular flexibility index (Phi) is 2.97. The zero-order valence-corrected chi connectivity index (χ0v) is 8.58. The molecule has 1 aliphatic rings. The lowest BCUT2D eigenvalue weighted by atomic mass is 9.82. The lowest BCUT2D eigenvalue weighted by Crippen LogP contribution is -2.12. The van der Waals surface area contributed by atoms with Gasteiger partial charge in [-0.2, -0.15) is 0 Å². The van der Waals surface area contributed by atoms with Gasteiger partial charge in [-0.3, -0.25) is 4.98 Å². The van der Waals surface area contributed by atoms with E-state index in [-0.39, 0.29) is 0 Å². The van der Waals surface area contributed by atoms with Crippen LogP contribution in [0, 0.1) is 5.92 Å². The molecule has 14 heavy (non-hydrogen) atoms. The Morgan fingerprint density at radius 1 is 1.43 bits per heavy atom. The highest BCUT2D eigenvalue weighted by Gasteiger charge is 2.17. The van der Waals surface area contributed by atoms with Crippen LogP contribution < -0.4 is 0 Å². The molecule has 0 saturated heterocycles. The van der Waals surface area contributed by atoms with Gasteiger partial charge in [0.2, 0.25) is 0 Å². The molecule has 1 saturated carbocycles. The number of rotatable bonds is 2. The van der Waals surface area contributed by atoms with Gasteiger partial charge in [0.05, 0.1) is 0 Å². The summed E-state index contributed by atoms with van der Waals surface area (Å²) in [6.07, 6.45) is 10.2. The van der Waals surface area contributed by atoms with Gasteiger partial charge in [0.15, 0.2) is 0 Å². The van der Waals surface area contributed by atoms with Crippen molar-refractivity contribution in [2.24, 2.45) is 5.92 Å². The van der Waals surface area contributed by atoms with E-state index in [2.05, 4.69) is 17.6 Å². The molecule has 0 bridgehead atoms. The summed E-state index contributed by atoms with van der Waals surface area (Å²) in [5, 5.41) is 0. The number of pyridine rings is 1. The molecule has 1 aliphatic carbocycles. The molecule has 0 N–H and O–H groups in total. The van der Waals surface area contributed by atoms with Crippen molar-refractivity contribution in [3.63, 3.8) is 0 Å². The van der Waals surface area contributed by atoms with Gasteiger partial charge < -0.3 is 0 Å². The maximum Gasteiger partial charge on any atom is 0.0300 e. The second-order valence-electron chi connectivity index (χ2n) is 4.17. The Hall–Kier alpha value is -1.11. The molecule has 1 heterocycles. The summed E-state index contributed by atoms with van der Waals surface area (Å²) in [6, 6.07) is 4.18. The number of nitrogens with zero attached hydrogens (tertiary/aromatic N) is 1. The van der Waals surface area contributed by atoms with Crippen LogP contribution >= 0.6 is 0 Å². The van der Waals surface area contributed by atoms with E-state index in [0.29, 0.717) is 5.92 Å². The van der Waals surface area contributed by atoms with Crippen molar-refractivity contribution in [1.29, 1.82) is 0 Å². The maximum absolute atomic E-state index is 4.17. The van der Waals surface area contributed by atoms with Crippen molar-refractivity contribution in [3.05, 3.63) is 42.2 Å². The van der Waals surface area contributed by atoms with Gasteiger partial charge in [-0.25, -0.2) is 0 Å². The predicted octanol–water partition coefficient (Wildman–Crippen LogP) is 3.37. The van der Waals surface area contributed by atoms with Gasteiger partial charge in [0, 0.05) is 12.4 Å². The molecule has 74 valence electrons. The maximum atomic E-state index is 4.17. The standard InChI is InChI=1S/C13H17N/c1-11-5-2-3-7-13(11)9-12-6-4-8-14-10-12/h4,6,8,10,13H,1-3,5,7,9H2. The molecule has 0 spiro atoms. The molecule has 1 unspecified atom stereocenters. The van der Waals surface area contributed by atoms with Crippen LogP contribution in [0.5, 0.6) is 0 Å². The zero-order chi connectivity index (χ0) is 9.80. The summed E-state index contributed by atoms with van der Waals surface area (Å²) >= 11 is 0. The van der Waals surface area contributed by atoms with Gasteiger partial charge in [0.1, 0.15) is 0 Å². The SMILES string of the molecule is C=C1CCCCC1Cc1cccnc1. The minimum Gasteiger partial charge on any atom is -0.264 e. The van der Waals surface area contributed by atoms with Crippen LogP contribution in [0.1, 0.15) is 31.2 Å². The van der Waals surface area contributed by atoms with Crippen LogP contribution in [0.3, 0.4) is 0 Å². The predicted molar refractivity (Wildman–Crippen MR) is 59.0 cm³/mol. The number of hydrogen-bond donors (Lipinski definition) is 0. The van der Waals surface area contributed by atoms with E-state index in [0.717, 1.165) is 6.42 Å². The van der Waals surface area contributed by atoms with Crippen molar-refractivity contribution >= 4 is 0 Å². The van der Waals surface area contributed by atoms with Crippen LogP contribution in [0.2, 0.25) is 0 Å². The molecule has 1 nitrogen and oxygen atoms in total. The fraction of sp³-hybridized carbons (Fsp3) is 0.462. The van der Waals surface area contributed by atoms with Crippen LogP contribution in [-0.4, -0.2) is 4.98 Å². The average molecular weight is 187 g/mol. The summed E-state index contributed by atoms with van der Waals surface area (Å²) in [5.41, 5.74) is 2.79. The fourth-order valence-electron chi connectivity index (χ4n) is 2.20. The van der Waals surface area contributed by atoms with Crippen molar-refractivity contribution in [1.82, 2.24) is 4.98 Å². The van der Waals surface area contributed by atoms with Crippen molar-refractivity contribution in [2.45, 2.75) is 32.1 Å². The molecule has 1 aromatic rings. The van der Waals surface area contributed by atoms with Crippen LogP contribution in [0.15, 0.2) is 36.7 Å². The van der Waals surface area contributed by atoms with E-state index in [9.17, 15) is 0 Å². The Balaban J connectivity index is 2.00. The van der Waals surface area contributed by atoms with E-state index in [1.54, 1.807) is 0 Å². The summed E-state index contributed by atoms with van der Waals surface area (Å²) in [4.78, 5) is 4.15. The molecule has 1 fully saturated rings. The Morgan fingerprint density at radius 2 is 2.36 bits per heavy atom. The molecule has 0 amide bonds. The van der Waals surface area contributed by atoms with E-state index in [4.69, 9.17) is 0 Å². The first-order chi connectivity index (χ1) is 6.86. The third-order valence-corrected chi connectivity index (χ3v) is 3.08. The Morgan fingerprint density at radius 3 is 3.07 bits per heavy atom. The molecule has 1 aromatic heterocycles. The number of allylic oxidation sites excluding steroid dienone is 1. The number of aromatic nitrogens is 1. The zero-order valence-electron chi connectivity index (χ0n) is 8.58. The average Bonchev–Trinajstić information content (AvgIpc) is 2.23. The third kappa shape index (κ3) is 2.22. The van der Waals surface area contributed by atoms with Crippen molar-refractivity contribution in [2.75, 3.05) is 0 Å². The first-order valence-corrected chi connectivity index (χ1v) is 5.43. The fourth-order valence-corrected chi connectivity index (χ4v) is 2.20.